The number of nitrogens with zero attached hydrogens (tertiary/aromatic N) is 1. The minimum Gasteiger partial charge on any atom is -0.508 e. The summed E-state index contributed by atoms with van der Waals surface area (Å²) in [6, 6.07) is 6.00. The van der Waals surface area contributed by atoms with E-state index in [-0.39, 0.29) is 35.9 Å². The zero-order valence-electron chi connectivity index (χ0n) is 11.8. The molecular weight excluding hydrogens is 294 g/mol. The molecule has 0 aromatic heterocycles. The van der Waals surface area contributed by atoms with Crippen molar-refractivity contribution in [1.82, 2.24) is 4.90 Å². The lowest BCUT2D eigenvalue weighted by atomic mass is 10.0. The van der Waals surface area contributed by atoms with Crippen LogP contribution in [0, 0.1) is 0 Å². The number of aromatic hydroxyl groups is 1. The minimum absolute atomic E-state index is 0.00268. The highest BCUT2D eigenvalue weighted by molar-refractivity contribution is 7.91. The Labute approximate surface area is 123 Å². The van der Waals surface area contributed by atoms with Crippen molar-refractivity contribution in [1.29, 1.82) is 0 Å². The standard InChI is InChI=1S/C14H19NO5S/c1-10(11-2-4-13(16)5-3-11)15(8-14(17)18)12-6-7-21(19,20)9-12/h2-5,10,12,16H,6-9H2,1H3,(H,17,18). The molecule has 7 heteroatoms. The summed E-state index contributed by atoms with van der Waals surface area (Å²) in [7, 11) is -3.07. The summed E-state index contributed by atoms with van der Waals surface area (Å²) in [5.74, 6) is -0.734. The number of sulfone groups is 1. The molecule has 1 saturated heterocycles. The van der Waals surface area contributed by atoms with E-state index in [1.165, 1.54) is 12.1 Å². The molecule has 1 heterocycles. The second kappa shape index (κ2) is 6.03. The van der Waals surface area contributed by atoms with Gasteiger partial charge >= 0.3 is 5.97 Å². The van der Waals surface area contributed by atoms with E-state index in [1.54, 1.807) is 17.0 Å². The van der Waals surface area contributed by atoms with Crippen LogP contribution in [0.15, 0.2) is 24.3 Å². The first-order valence-electron chi connectivity index (χ1n) is 6.75. The molecule has 116 valence electrons. The molecule has 0 bridgehead atoms. The second-order valence-corrected chi connectivity index (χ2v) is 7.62. The van der Waals surface area contributed by atoms with Crippen LogP contribution in [0.2, 0.25) is 0 Å². The highest BCUT2D eigenvalue weighted by Gasteiger charge is 2.35. The van der Waals surface area contributed by atoms with Crippen LogP contribution in [-0.4, -0.2) is 53.6 Å². The summed E-state index contributed by atoms with van der Waals surface area (Å²) in [4.78, 5) is 12.8. The Morgan fingerprint density at radius 3 is 2.48 bits per heavy atom. The normalized spacial score (nSPS) is 22.3. The van der Waals surface area contributed by atoms with E-state index in [0.717, 1.165) is 5.56 Å². The van der Waals surface area contributed by atoms with Gasteiger partial charge in [-0.25, -0.2) is 8.42 Å². The average molecular weight is 313 g/mol. The highest BCUT2D eigenvalue weighted by Crippen LogP contribution is 2.28. The van der Waals surface area contributed by atoms with Gasteiger partial charge < -0.3 is 10.2 Å². The molecular formula is C14H19NO5S. The average Bonchev–Trinajstić information content (AvgIpc) is 2.76. The van der Waals surface area contributed by atoms with Gasteiger partial charge in [-0.15, -0.1) is 0 Å². The van der Waals surface area contributed by atoms with Crippen LogP contribution >= 0.6 is 0 Å². The van der Waals surface area contributed by atoms with Gasteiger partial charge in [0.2, 0.25) is 0 Å². The zero-order valence-corrected chi connectivity index (χ0v) is 12.6. The van der Waals surface area contributed by atoms with Crippen molar-refractivity contribution in [3.63, 3.8) is 0 Å². The SMILES string of the molecule is CC(c1ccc(O)cc1)N(CC(=O)O)C1CCS(=O)(=O)C1. The highest BCUT2D eigenvalue weighted by atomic mass is 32.2. The van der Waals surface area contributed by atoms with Gasteiger partial charge in [-0.2, -0.15) is 0 Å². The maximum Gasteiger partial charge on any atom is 0.317 e. The predicted octanol–water partition coefficient (Wildman–Crippen LogP) is 1.03. The summed E-state index contributed by atoms with van der Waals surface area (Å²) in [5.41, 5.74) is 0.846. The van der Waals surface area contributed by atoms with Crippen molar-refractivity contribution < 1.29 is 23.4 Å². The summed E-state index contributed by atoms with van der Waals surface area (Å²) < 4.78 is 23.3. The Bertz CT molecular complexity index is 611. The number of hydrogen-bond acceptors (Lipinski definition) is 5. The van der Waals surface area contributed by atoms with Gasteiger partial charge in [-0.05, 0) is 31.0 Å². The van der Waals surface area contributed by atoms with Gasteiger partial charge in [-0.1, -0.05) is 12.1 Å². The molecule has 0 spiro atoms. The molecule has 1 aromatic carbocycles. The predicted molar refractivity (Wildman–Crippen MR) is 77.9 cm³/mol. The van der Waals surface area contributed by atoms with Crippen LogP contribution < -0.4 is 0 Å². The smallest absolute Gasteiger partial charge is 0.317 e. The van der Waals surface area contributed by atoms with Gasteiger partial charge in [0.15, 0.2) is 9.84 Å². The van der Waals surface area contributed by atoms with Crippen molar-refractivity contribution in [3.05, 3.63) is 29.8 Å². The fourth-order valence-corrected chi connectivity index (χ4v) is 4.46. The lowest BCUT2D eigenvalue weighted by Crippen LogP contribution is -2.41. The number of carbonyl (C=O) groups is 1. The van der Waals surface area contributed by atoms with Crippen molar-refractivity contribution >= 4 is 15.8 Å². The monoisotopic (exact) mass is 313 g/mol. The number of carboxylic acids is 1. The number of hydrogen-bond donors (Lipinski definition) is 2. The third-order valence-electron chi connectivity index (χ3n) is 3.87. The first-order chi connectivity index (χ1) is 9.78. The Hall–Kier alpha value is -1.60. The summed E-state index contributed by atoms with van der Waals surface area (Å²) in [6.07, 6.45) is 0.456. The molecule has 1 fully saturated rings. The van der Waals surface area contributed by atoms with Crippen molar-refractivity contribution in [2.24, 2.45) is 0 Å². The van der Waals surface area contributed by atoms with Crippen LogP contribution in [0.25, 0.3) is 0 Å². The summed E-state index contributed by atoms with van der Waals surface area (Å²) in [5, 5.41) is 18.4. The number of benzene rings is 1. The molecule has 1 aliphatic rings. The quantitative estimate of drug-likeness (QED) is 0.843. The van der Waals surface area contributed by atoms with Gasteiger partial charge in [-0.3, -0.25) is 9.69 Å². The maximum absolute atomic E-state index is 11.6. The molecule has 2 atom stereocenters. The van der Waals surface area contributed by atoms with Gasteiger partial charge in [0.1, 0.15) is 5.75 Å². The Morgan fingerprint density at radius 2 is 2.00 bits per heavy atom. The van der Waals surface area contributed by atoms with E-state index in [4.69, 9.17) is 5.11 Å². The van der Waals surface area contributed by atoms with Crippen molar-refractivity contribution in [2.45, 2.75) is 25.4 Å². The Kier molecular flexibility index (Phi) is 4.53. The van der Waals surface area contributed by atoms with E-state index in [9.17, 15) is 18.3 Å². The van der Waals surface area contributed by atoms with Crippen LogP contribution in [0.5, 0.6) is 5.75 Å². The molecule has 1 aliphatic heterocycles. The Balaban J connectivity index is 2.23. The largest absolute Gasteiger partial charge is 0.508 e. The number of phenolic OH excluding ortho intramolecular Hbond substituents is 1. The van der Waals surface area contributed by atoms with Crippen LogP contribution in [0.3, 0.4) is 0 Å². The molecule has 2 unspecified atom stereocenters. The topological polar surface area (TPSA) is 94.9 Å². The lowest BCUT2D eigenvalue weighted by molar-refractivity contribution is -0.139. The molecule has 6 nitrogen and oxygen atoms in total. The molecule has 2 rings (SSSR count). The maximum atomic E-state index is 11.6. The number of rotatable bonds is 5. The molecule has 1 aromatic rings. The molecule has 0 aliphatic carbocycles. The molecule has 21 heavy (non-hydrogen) atoms. The van der Waals surface area contributed by atoms with Crippen LogP contribution in [0.4, 0.5) is 0 Å². The third-order valence-corrected chi connectivity index (χ3v) is 5.62. The first-order valence-corrected chi connectivity index (χ1v) is 8.57. The summed E-state index contributed by atoms with van der Waals surface area (Å²) in [6.45, 7) is 1.64. The Morgan fingerprint density at radius 1 is 1.38 bits per heavy atom. The van der Waals surface area contributed by atoms with E-state index in [0.29, 0.717) is 6.42 Å². The van der Waals surface area contributed by atoms with Crippen LogP contribution in [0.1, 0.15) is 24.9 Å². The molecule has 0 amide bonds. The van der Waals surface area contributed by atoms with Gasteiger partial charge in [0.05, 0.1) is 18.1 Å². The third kappa shape index (κ3) is 3.95. The van der Waals surface area contributed by atoms with Crippen molar-refractivity contribution in [3.8, 4) is 5.75 Å². The first kappa shape index (κ1) is 15.8. The number of aliphatic carboxylic acids is 1. The summed E-state index contributed by atoms with van der Waals surface area (Å²) >= 11 is 0. The van der Waals surface area contributed by atoms with E-state index in [2.05, 4.69) is 0 Å². The van der Waals surface area contributed by atoms with E-state index in [1.807, 2.05) is 6.92 Å². The van der Waals surface area contributed by atoms with Gasteiger partial charge in [0.25, 0.3) is 0 Å². The lowest BCUT2D eigenvalue weighted by Gasteiger charge is -2.32. The zero-order chi connectivity index (χ0) is 15.6. The molecule has 0 radical (unpaired) electrons. The molecule has 0 saturated carbocycles. The van der Waals surface area contributed by atoms with Crippen LogP contribution in [-0.2, 0) is 14.6 Å². The fraction of sp³-hybridized carbons (Fsp3) is 0.500. The number of carboxylic acid groups (broad SMARTS) is 1. The fourth-order valence-electron chi connectivity index (χ4n) is 2.72. The van der Waals surface area contributed by atoms with E-state index < -0.39 is 15.8 Å². The number of phenols is 1. The minimum atomic E-state index is -3.07. The second-order valence-electron chi connectivity index (χ2n) is 5.39. The van der Waals surface area contributed by atoms with E-state index >= 15 is 0 Å². The molecule has 2 N–H and O–H groups in total. The van der Waals surface area contributed by atoms with Crippen molar-refractivity contribution in [2.75, 3.05) is 18.1 Å². The van der Waals surface area contributed by atoms with Gasteiger partial charge in [0, 0.05) is 12.1 Å².